The van der Waals surface area contributed by atoms with Gasteiger partial charge in [-0.25, -0.2) is 4.98 Å². The van der Waals surface area contributed by atoms with Crippen molar-refractivity contribution in [3.63, 3.8) is 0 Å². The average Bonchev–Trinajstić information content (AvgIpc) is 3.02. The van der Waals surface area contributed by atoms with Crippen molar-refractivity contribution in [3.05, 3.63) is 34.7 Å². The van der Waals surface area contributed by atoms with Crippen LogP contribution in [-0.2, 0) is 4.79 Å². The summed E-state index contributed by atoms with van der Waals surface area (Å²) in [5, 5.41) is 9.41. The van der Waals surface area contributed by atoms with E-state index in [9.17, 15) is 4.79 Å². The van der Waals surface area contributed by atoms with E-state index in [1.165, 1.54) is 6.42 Å². The van der Waals surface area contributed by atoms with Gasteiger partial charge in [-0.2, -0.15) is 0 Å². The number of carbonyl (C=O) groups excluding carboxylic acids is 1. The molecule has 6 heteroatoms. The Kier molecular flexibility index (Phi) is 5.60. The summed E-state index contributed by atoms with van der Waals surface area (Å²) in [5.41, 5.74) is 2.82. The van der Waals surface area contributed by atoms with Gasteiger partial charge < -0.3 is 10.6 Å². The Balaban J connectivity index is 1.60. The van der Waals surface area contributed by atoms with Gasteiger partial charge in [-0.05, 0) is 45.5 Å². The van der Waals surface area contributed by atoms with Crippen LogP contribution in [0.5, 0.6) is 0 Å². The monoisotopic (exact) mass is 344 g/mol. The molecule has 2 aromatic rings. The fourth-order valence-electron chi connectivity index (χ4n) is 3.09. The average molecular weight is 344 g/mol. The van der Waals surface area contributed by atoms with Crippen molar-refractivity contribution in [2.45, 2.75) is 25.8 Å². The van der Waals surface area contributed by atoms with Crippen LogP contribution in [-0.4, -0.2) is 48.5 Å². The van der Waals surface area contributed by atoms with Gasteiger partial charge in [0.05, 0.1) is 17.2 Å². The van der Waals surface area contributed by atoms with E-state index in [0.29, 0.717) is 12.6 Å². The van der Waals surface area contributed by atoms with Gasteiger partial charge in [0, 0.05) is 29.2 Å². The molecular formula is C18H24N4OS. The number of likely N-dealkylation sites (tertiary alicyclic amines) is 1. The third kappa shape index (κ3) is 4.41. The molecule has 0 aliphatic carbocycles. The van der Waals surface area contributed by atoms with Gasteiger partial charge >= 0.3 is 0 Å². The second-order valence-corrected chi connectivity index (χ2v) is 7.31. The quantitative estimate of drug-likeness (QED) is 0.876. The molecule has 0 bridgehead atoms. The molecule has 1 fully saturated rings. The lowest BCUT2D eigenvalue weighted by molar-refractivity contribution is -0.117. The number of rotatable bonds is 5. The van der Waals surface area contributed by atoms with E-state index in [4.69, 9.17) is 0 Å². The van der Waals surface area contributed by atoms with Crippen molar-refractivity contribution >= 4 is 22.9 Å². The van der Waals surface area contributed by atoms with Crippen LogP contribution in [0.1, 0.15) is 17.8 Å². The third-order valence-corrected chi connectivity index (χ3v) is 5.12. The highest BCUT2D eigenvalue weighted by Gasteiger charge is 2.20. The minimum Gasteiger partial charge on any atom is -0.325 e. The number of hydrogen-bond acceptors (Lipinski definition) is 5. The Morgan fingerprint density at radius 1 is 1.46 bits per heavy atom. The summed E-state index contributed by atoms with van der Waals surface area (Å²) in [7, 11) is 1.99. The maximum atomic E-state index is 12.3. The Labute approximate surface area is 147 Å². The van der Waals surface area contributed by atoms with Gasteiger partial charge in [0.1, 0.15) is 0 Å². The van der Waals surface area contributed by atoms with E-state index in [-0.39, 0.29) is 5.91 Å². The second-order valence-electron chi connectivity index (χ2n) is 6.24. The van der Waals surface area contributed by atoms with Crippen molar-refractivity contribution in [1.29, 1.82) is 0 Å². The van der Waals surface area contributed by atoms with Gasteiger partial charge in [-0.15, -0.1) is 11.3 Å². The van der Waals surface area contributed by atoms with E-state index in [1.54, 1.807) is 11.3 Å². The van der Waals surface area contributed by atoms with Gasteiger partial charge in [0.2, 0.25) is 5.91 Å². The molecule has 5 nitrogen and oxygen atoms in total. The summed E-state index contributed by atoms with van der Waals surface area (Å²) >= 11 is 1.63. The Morgan fingerprint density at radius 3 is 3.08 bits per heavy atom. The van der Waals surface area contributed by atoms with Crippen LogP contribution >= 0.6 is 11.3 Å². The molecule has 1 saturated heterocycles. The molecule has 1 amide bonds. The summed E-state index contributed by atoms with van der Waals surface area (Å²) in [4.78, 5) is 19.1. The number of piperidine rings is 1. The first kappa shape index (κ1) is 17.1. The standard InChI is InChI=1S/C18H24N4OS/c1-13-20-17(12-24-13)14-5-3-6-15(9-14)21-18(23)11-22-8-4-7-16(10-22)19-2/h3,5-6,9,12,16,19H,4,7-8,10-11H2,1-2H3,(H,21,23). The number of thiazole rings is 1. The maximum Gasteiger partial charge on any atom is 0.238 e. The molecule has 0 radical (unpaired) electrons. The summed E-state index contributed by atoms with van der Waals surface area (Å²) in [5.74, 6) is 0.0401. The van der Waals surface area contributed by atoms with E-state index in [1.807, 2.05) is 43.6 Å². The topological polar surface area (TPSA) is 57.3 Å². The van der Waals surface area contributed by atoms with E-state index >= 15 is 0 Å². The Hall–Kier alpha value is -1.76. The van der Waals surface area contributed by atoms with Crippen molar-refractivity contribution in [2.24, 2.45) is 0 Å². The number of carbonyl (C=O) groups is 1. The number of anilines is 1. The molecule has 2 heterocycles. The highest BCUT2D eigenvalue weighted by molar-refractivity contribution is 7.09. The summed E-state index contributed by atoms with van der Waals surface area (Å²) in [6, 6.07) is 8.37. The first-order valence-electron chi connectivity index (χ1n) is 8.36. The van der Waals surface area contributed by atoms with E-state index < -0.39 is 0 Å². The van der Waals surface area contributed by atoms with Crippen molar-refractivity contribution < 1.29 is 4.79 Å². The molecule has 128 valence electrons. The normalized spacial score (nSPS) is 18.5. The van der Waals surface area contributed by atoms with Crippen LogP contribution in [0.15, 0.2) is 29.6 Å². The van der Waals surface area contributed by atoms with Gasteiger partial charge in [0.15, 0.2) is 0 Å². The van der Waals surface area contributed by atoms with Crippen LogP contribution in [0.2, 0.25) is 0 Å². The van der Waals surface area contributed by atoms with E-state index in [2.05, 4.69) is 20.5 Å². The number of amides is 1. The lowest BCUT2D eigenvalue weighted by atomic mass is 10.1. The summed E-state index contributed by atoms with van der Waals surface area (Å²) in [6.45, 7) is 4.36. The van der Waals surface area contributed by atoms with E-state index in [0.717, 1.165) is 41.5 Å². The second kappa shape index (κ2) is 7.88. The first-order valence-corrected chi connectivity index (χ1v) is 9.24. The number of aryl methyl sites for hydroxylation is 1. The zero-order valence-corrected chi connectivity index (χ0v) is 15.0. The third-order valence-electron chi connectivity index (χ3n) is 4.34. The zero-order valence-electron chi connectivity index (χ0n) is 14.2. The number of benzene rings is 1. The summed E-state index contributed by atoms with van der Waals surface area (Å²) in [6.07, 6.45) is 2.32. The zero-order chi connectivity index (χ0) is 16.9. The first-order chi connectivity index (χ1) is 11.6. The number of likely N-dealkylation sites (N-methyl/N-ethyl adjacent to an activating group) is 1. The van der Waals surface area contributed by atoms with Crippen molar-refractivity contribution in [2.75, 3.05) is 32.0 Å². The largest absolute Gasteiger partial charge is 0.325 e. The smallest absolute Gasteiger partial charge is 0.238 e. The Morgan fingerprint density at radius 2 is 2.33 bits per heavy atom. The fraction of sp³-hybridized carbons (Fsp3) is 0.444. The molecule has 1 aromatic carbocycles. The van der Waals surface area contributed by atoms with Gasteiger partial charge in [-0.1, -0.05) is 12.1 Å². The predicted octanol–water partition coefficient (Wildman–Crippen LogP) is 2.74. The number of hydrogen-bond donors (Lipinski definition) is 2. The summed E-state index contributed by atoms with van der Waals surface area (Å²) < 4.78 is 0. The van der Waals surface area contributed by atoms with Crippen LogP contribution in [0.25, 0.3) is 11.3 Å². The molecule has 0 saturated carbocycles. The number of nitrogens with zero attached hydrogens (tertiary/aromatic N) is 2. The lowest BCUT2D eigenvalue weighted by Crippen LogP contribution is -2.46. The molecule has 1 aliphatic heterocycles. The molecule has 1 aliphatic rings. The van der Waals surface area contributed by atoms with Crippen LogP contribution < -0.4 is 10.6 Å². The minimum atomic E-state index is 0.0401. The molecule has 1 atom stereocenters. The van der Waals surface area contributed by atoms with Crippen molar-refractivity contribution in [3.8, 4) is 11.3 Å². The van der Waals surface area contributed by atoms with Crippen LogP contribution in [0.4, 0.5) is 5.69 Å². The van der Waals surface area contributed by atoms with Crippen LogP contribution in [0.3, 0.4) is 0 Å². The molecule has 0 spiro atoms. The molecule has 2 N–H and O–H groups in total. The Bertz CT molecular complexity index is 700. The van der Waals surface area contributed by atoms with Gasteiger partial charge in [0.25, 0.3) is 0 Å². The van der Waals surface area contributed by atoms with Crippen LogP contribution in [0, 0.1) is 6.92 Å². The number of aromatic nitrogens is 1. The number of nitrogens with one attached hydrogen (secondary N) is 2. The lowest BCUT2D eigenvalue weighted by Gasteiger charge is -2.31. The SMILES string of the molecule is CNC1CCCN(CC(=O)Nc2cccc(-c3csc(C)n3)c2)C1. The van der Waals surface area contributed by atoms with Gasteiger partial charge in [-0.3, -0.25) is 9.69 Å². The maximum absolute atomic E-state index is 12.3. The molecular weight excluding hydrogens is 320 g/mol. The molecule has 1 unspecified atom stereocenters. The minimum absolute atomic E-state index is 0.0401. The molecule has 3 rings (SSSR count). The highest BCUT2D eigenvalue weighted by Crippen LogP contribution is 2.24. The highest BCUT2D eigenvalue weighted by atomic mass is 32.1. The fourth-order valence-corrected chi connectivity index (χ4v) is 3.71. The molecule has 24 heavy (non-hydrogen) atoms. The molecule has 1 aromatic heterocycles. The van der Waals surface area contributed by atoms with Crippen molar-refractivity contribution in [1.82, 2.24) is 15.2 Å². The predicted molar refractivity (Wildman–Crippen MR) is 99.4 cm³/mol.